The molecule has 7 heteroatoms. The van der Waals surface area contributed by atoms with Crippen LogP contribution in [0, 0.1) is 19.8 Å². The van der Waals surface area contributed by atoms with Gasteiger partial charge in [0.1, 0.15) is 0 Å². The molecular weight excluding hydrogens is 430 g/mol. The van der Waals surface area contributed by atoms with Crippen molar-refractivity contribution in [3.8, 4) is 5.69 Å². The molecule has 1 saturated heterocycles. The number of hydrogen-bond acceptors (Lipinski definition) is 4. The number of likely N-dealkylation sites (tertiary alicyclic amines) is 1. The lowest BCUT2D eigenvalue weighted by atomic mass is 9.97. The molecule has 2 aromatic carbocycles. The van der Waals surface area contributed by atoms with Gasteiger partial charge in [-0.05, 0) is 57.0 Å². The van der Waals surface area contributed by atoms with Gasteiger partial charge in [0.25, 0.3) is 0 Å². The molecule has 176 valence electrons. The van der Waals surface area contributed by atoms with Crippen LogP contribution in [0.25, 0.3) is 5.69 Å². The van der Waals surface area contributed by atoms with E-state index < -0.39 is 0 Å². The molecule has 34 heavy (non-hydrogen) atoms. The summed E-state index contributed by atoms with van der Waals surface area (Å²) >= 11 is 0. The molecule has 1 aliphatic heterocycles. The van der Waals surface area contributed by atoms with Gasteiger partial charge in [-0.15, -0.1) is 0 Å². The highest BCUT2D eigenvalue weighted by Gasteiger charge is 2.29. The van der Waals surface area contributed by atoms with Crippen molar-refractivity contribution in [2.45, 2.75) is 26.7 Å². The Morgan fingerprint density at radius 1 is 0.941 bits per heavy atom. The maximum absolute atomic E-state index is 12.8. The van der Waals surface area contributed by atoms with E-state index in [4.69, 9.17) is 4.74 Å². The van der Waals surface area contributed by atoms with Crippen molar-refractivity contribution in [2.75, 3.05) is 25.0 Å². The Hall–Kier alpha value is -3.87. The zero-order valence-electron chi connectivity index (χ0n) is 19.5. The minimum atomic E-state index is -0.381. The van der Waals surface area contributed by atoms with Gasteiger partial charge in [0.05, 0.1) is 5.92 Å². The normalized spacial score (nSPS) is 14.0. The number of carbonyl (C=O) groups excluding carboxylic acids is 3. The third-order valence-electron chi connectivity index (χ3n) is 6.23. The van der Waals surface area contributed by atoms with E-state index in [1.54, 1.807) is 4.90 Å². The lowest BCUT2D eigenvalue weighted by Crippen LogP contribution is -2.42. The third kappa shape index (κ3) is 5.20. The number of aromatic nitrogens is 1. The first-order chi connectivity index (χ1) is 16.4. The summed E-state index contributed by atoms with van der Waals surface area (Å²) in [7, 11) is 0. The molecular formula is C27H29N3O4. The van der Waals surface area contributed by atoms with Gasteiger partial charge >= 0.3 is 12.0 Å². The van der Waals surface area contributed by atoms with E-state index >= 15 is 0 Å². The Kier molecular flexibility index (Phi) is 7.11. The quantitative estimate of drug-likeness (QED) is 0.426. The van der Waals surface area contributed by atoms with Crippen molar-refractivity contribution in [2.24, 2.45) is 5.92 Å². The highest BCUT2D eigenvalue weighted by Crippen LogP contribution is 2.23. The molecule has 1 N–H and O–H groups in total. The van der Waals surface area contributed by atoms with Crippen LogP contribution in [0.15, 0.2) is 66.7 Å². The second-order valence-electron chi connectivity index (χ2n) is 8.54. The number of benzene rings is 2. The first kappa shape index (κ1) is 23.3. The van der Waals surface area contributed by atoms with Crippen molar-refractivity contribution < 1.29 is 19.1 Å². The van der Waals surface area contributed by atoms with Gasteiger partial charge in [-0.1, -0.05) is 36.4 Å². The van der Waals surface area contributed by atoms with E-state index in [1.807, 2.05) is 85.1 Å². The molecule has 1 aromatic heterocycles. The van der Waals surface area contributed by atoms with Crippen LogP contribution in [-0.2, 0) is 9.53 Å². The highest BCUT2D eigenvalue weighted by atomic mass is 16.5. The minimum Gasteiger partial charge on any atom is -0.457 e. The number of ketones is 1. The summed E-state index contributed by atoms with van der Waals surface area (Å²) in [5.41, 5.74) is 4.04. The van der Waals surface area contributed by atoms with Crippen molar-refractivity contribution in [1.82, 2.24) is 9.47 Å². The van der Waals surface area contributed by atoms with Crippen molar-refractivity contribution >= 4 is 23.5 Å². The fourth-order valence-corrected chi connectivity index (χ4v) is 4.39. The number of nitrogens with zero attached hydrogens (tertiary/aromatic N) is 2. The van der Waals surface area contributed by atoms with Crippen LogP contribution in [0.1, 0.15) is 34.6 Å². The highest BCUT2D eigenvalue weighted by molar-refractivity contribution is 5.99. The van der Waals surface area contributed by atoms with E-state index in [1.165, 1.54) is 0 Å². The second kappa shape index (κ2) is 10.4. The van der Waals surface area contributed by atoms with Gasteiger partial charge in [-0.25, -0.2) is 4.79 Å². The fraction of sp³-hybridized carbons (Fsp3) is 0.296. The van der Waals surface area contributed by atoms with E-state index in [0.717, 1.165) is 22.8 Å². The van der Waals surface area contributed by atoms with Crippen LogP contribution in [-0.4, -0.2) is 46.9 Å². The lowest BCUT2D eigenvalue weighted by molar-refractivity contribution is -0.148. The van der Waals surface area contributed by atoms with E-state index in [0.29, 0.717) is 31.5 Å². The molecule has 0 radical (unpaired) electrons. The number of piperidine rings is 1. The van der Waals surface area contributed by atoms with E-state index in [9.17, 15) is 14.4 Å². The van der Waals surface area contributed by atoms with Crippen LogP contribution in [0.3, 0.4) is 0 Å². The first-order valence-corrected chi connectivity index (χ1v) is 11.5. The Balaban J connectivity index is 1.28. The van der Waals surface area contributed by atoms with Crippen LogP contribution < -0.4 is 5.32 Å². The number of nitrogens with one attached hydrogen (secondary N) is 1. The molecule has 2 amide bonds. The largest absolute Gasteiger partial charge is 0.457 e. The first-order valence-electron chi connectivity index (χ1n) is 11.5. The number of hydrogen-bond donors (Lipinski definition) is 1. The molecule has 4 rings (SSSR count). The number of urea groups is 1. The van der Waals surface area contributed by atoms with E-state index in [2.05, 4.69) is 5.32 Å². The van der Waals surface area contributed by atoms with Crippen LogP contribution in [0.2, 0.25) is 0 Å². The number of para-hydroxylation sites is 2. The number of aryl methyl sites for hydroxylation is 1. The summed E-state index contributed by atoms with van der Waals surface area (Å²) < 4.78 is 7.40. The van der Waals surface area contributed by atoms with E-state index in [-0.39, 0.29) is 30.3 Å². The molecule has 0 atom stereocenters. The van der Waals surface area contributed by atoms with Gasteiger partial charge in [-0.2, -0.15) is 0 Å². The fourth-order valence-electron chi connectivity index (χ4n) is 4.39. The standard InChI is InChI=1S/C27H29N3O4/c1-19-17-24(20(2)30(19)23-11-7-4-8-12-23)25(31)18-34-26(32)21-13-15-29(16-14-21)27(33)28-22-9-5-3-6-10-22/h3-12,17,21H,13-16,18H2,1-2H3,(H,28,33). The molecule has 0 unspecified atom stereocenters. The van der Waals surface area contributed by atoms with Gasteiger partial charge < -0.3 is 19.5 Å². The zero-order valence-corrected chi connectivity index (χ0v) is 19.5. The second-order valence-corrected chi connectivity index (χ2v) is 8.54. The van der Waals surface area contributed by atoms with Crippen LogP contribution >= 0.6 is 0 Å². The predicted octanol–water partition coefficient (Wildman–Crippen LogP) is 4.76. The molecule has 0 saturated carbocycles. The van der Waals surface area contributed by atoms with Crippen LogP contribution in [0.5, 0.6) is 0 Å². The Labute approximate surface area is 199 Å². The Morgan fingerprint density at radius 2 is 1.56 bits per heavy atom. The van der Waals surface area contributed by atoms with Crippen LogP contribution in [0.4, 0.5) is 10.5 Å². The topological polar surface area (TPSA) is 80.6 Å². The number of anilines is 1. The molecule has 0 bridgehead atoms. The number of ether oxygens (including phenoxy) is 1. The summed E-state index contributed by atoms with van der Waals surface area (Å²) in [5, 5.41) is 2.86. The van der Waals surface area contributed by atoms with Gasteiger partial charge in [0.15, 0.2) is 6.61 Å². The number of rotatable bonds is 6. The summed E-state index contributed by atoms with van der Waals surface area (Å²) in [6.07, 6.45) is 1.02. The Morgan fingerprint density at radius 3 is 2.21 bits per heavy atom. The smallest absolute Gasteiger partial charge is 0.321 e. The van der Waals surface area contributed by atoms with Gasteiger partial charge in [0, 0.05) is 41.4 Å². The SMILES string of the molecule is Cc1cc(C(=O)COC(=O)C2CCN(C(=O)Nc3ccccc3)CC2)c(C)n1-c1ccccc1. The third-order valence-corrected chi connectivity index (χ3v) is 6.23. The van der Waals surface area contributed by atoms with Gasteiger partial charge in [-0.3, -0.25) is 9.59 Å². The van der Waals surface area contributed by atoms with Crippen molar-refractivity contribution in [3.63, 3.8) is 0 Å². The monoisotopic (exact) mass is 459 g/mol. The molecule has 7 nitrogen and oxygen atoms in total. The lowest BCUT2D eigenvalue weighted by Gasteiger charge is -2.30. The summed E-state index contributed by atoms with van der Waals surface area (Å²) in [6, 6.07) is 20.7. The number of Topliss-reactive ketones (excluding diaryl/α,β-unsaturated/α-hetero) is 1. The summed E-state index contributed by atoms with van der Waals surface area (Å²) in [6.45, 7) is 4.48. The predicted molar refractivity (Wildman–Crippen MR) is 130 cm³/mol. The number of amides is 2. The van der Waals surface area contributed by atoms with Crippen molar-refractivity contribution in [3.05, 3.63) is 83.7 Å². The Bertz CT molecular complexity index is 1160. The molecule has 2 heterocycles. The molecule has 1 aliphatic rings. The molecule has 0 aliphatic carbocycles. The maximum atomic E-state index is 12.8. The molecule has 0 spiro atoms. The number of esters is 1. The summed E-state index contributed by atoms with van der Waals surface area (Å²) in [4.78, 5) is 39.5. The van der Waals surface area contributed by atoms with Crippen molar-refractivity contribution in [1.29, 1.82) is 0 Å². The average Bonchev–Trinajstić information content (AvgIpc) is 3.17. The zero-order chi connectivity index (χ0) is 24.1. The minimum absolute atomic E-state index is 0.179. The molecule has 3 aromatic rings. The maximum Gasteiger partial charge on any atom is 0.321 e. The van der Waals surface area contributed by atoms with Gasteiger partial charge in [0.2, 0.25) is 5.78 Å². The molecule has 1 fully saturated rings. The number of carbonyl (C=O) groups is 3. The summed E-state index contributed by atoms with van der Waals surface area (Å²) in [5.74, 6) is -0.915. The average molecular weight is 460 g/mol.